The van der Waals surface area contributed by atoms with Gasteiger partial charge in [0, 0.05) is 0 Å². The molecule has 20 heavy (non-hydrogen) atoms. The molecule has 0 aromatic carbocycles. The van der Waals surface area contributed by atoms with Crippen LogP contribution in [0.25, 0.3) is 0 Å². The standard InChI is InChI=1S/C19H39O/c1-5-7-9-11-13-15-17-18(19(3,4)20)16-14-12-10-8-6-2/h18H,5-17H2,1-4H3. The van der Waals surface area contributed by atoms with E-state index in [0.29, 0.717) is 5.92 Å². The molecule has 1 atom stereocenters. The molecule has 0 aliphatic rings. The predicted molar refractivity (Wildman–Crippen MR) is 89.6 cm³/mol. The Morgan fingerprint density at radius 3 is 1.35 bits per heavy atom. The van der Waals surface area contributed by atoms with E-state index >= 15 is 0 Å². The molecule has 0 fully saturated rings. The molecule has 0 rings (SSSR count). The Morgan fingerprint density at radius 1 is 0.650 bits per heavy atom. The average molecular weight is 284 g/mol. The first-order valence-corrected chi connectivity index (χ1v) is 9.22. The molecule has 1 nitrogen and oxygen atoms in total. The summed E-state index contributed by atoms with van der Waals surface area (Å²) in [5.74, 6) is 0.385. The first-order chi connectivity index (χ1) is 9.52. The van der Waals surface area contributed by atoms with Crippen LogP contribution in [0.4, 0.5) is 0 Å². The molecule has 0 saturated heterocycles. The highest BCUT2D eigenvalue weighted by molar-refractivity contribution is 4.77. The topological polar surface area (TPSA) is 19.9 Å². The third kappa shape index (κ3) is 11.8. The summed E-state index contributed by atoms with van der Waals surface area (Å²) in [7, 11) is 0. The van der Waals surface area contributed by atoms with Gasteiger partial charge in [-0.3, -0.25) is 0 Å². The van der Waals surface area contributed by atoms with E-state index in [2.05, 4.69) is 13.8 Å². The SMILES string of the molecule is CCCCCCCCC(CCCCCCC)C(C)(C)[O]. The largest absolute Gasteiger partial charge is 0.230 e. The van der Waals surface area contributed by atoms with Gasteiger partial charge in [0.05, 0.1) is 0 Å². The summed E-state index contributed by atoms with van der Waals surface area (Å²) in [6, 6.07) is 0. The van der Waals surface area contributed by atoms with E-state index in [-0.39, 0.29) is 0 Å². The van der Waals surface area contributed by atoms with Crippen LogP contribution in [0.3, 0.4) is 0 Å². The lowest BCUT2D eigenvalue weighted by molar-refractivity contribution is -0.0539. The summed E-state index contributed by atoms with van der Waals surface area (Å²) in [5.41, 5.74) is -0.742. The maximum atomic E-state index is 12.3. The molecule has 0 amide bonds. The van der Waals surface area contributed by atoms with E-state index in [1.807, 2.05) is 13.8 Å². The maximum Gasteiger partial charge on any atom is 0.101 e. The van der Waals surface area contributed by atoms with Gasteiger partial charge in [0.1, 0.15) is 5.60 Å². The van der Waals surface area contributed by atoms with E-state index in [0.717, 1.165) is 12.8 Å². The van der Waals surface area contributed by atoms with E-state index < -0.39 is 5.60 Å². The van der Waals surface area contributed by atoms with Crippen LogP contribution < -0.4 is 0 Å². The minimum absolute atomic E-state index is 0.385. The van der Waals surface area contributed by atoms with Gasteiger partial charge < -0.3 is 0 Å². The molecule has 1 radical (unpaired) electrons. The van der Waals surface area contributed by atoms with Gasteiger partial charge in [0.15, 0.2) is 0 Å². The van der Waals surface area contributed by atoms with Gasteiger partial charge in [-0.2, -0.15) is 0 Å². The van der Waals surface area contributed by atoms with Gasteiger partial charge in [-0.15, -0.1) is 0 Å². The van der Waals surface area contributed by atoms with Crippen LogP contribution >= 0.6 is 0 Å². The quantitative estimate of drug-likeness (QED) is 0.308. The second-order valence-corrected chi connectivity index (χ2v) is 7.06. The first-order valence-electron chi connectivity index (χ1n) is 9.22. The van der Waals surface area contributed by atoms with E-state index in [4.69, 9.17) is 0 Å². The molecule has 1 heteroatoms. The van der Waals surface area contributed by atoms with Gasteiger partial charge in [0.2, 0.25) is 0 Å². The van der Waals surface area contributed by atoms with Gasteiger partial charge in [0.25, 0.3) is 0 Å². The Balaban J connectivity index is 3.75. The van der Waals surface area contributed by atoms with Gasteiger partial charge in [-0.05, 0) is 32.6 Å². The van der Waals surface area contributed by atoms with Crippen molar-refractivity contribution in [1.82, 2.24) is 0 Å². The molecule has 0 N–H and O–H groups in total. The van der Waals surface area contributed by atoms with Crippen LogP contribution in [-0.2, 0) is 5.11 Å². The third-order valence-electron chi connectivity index (χ3n) is 4.55. The zero-order valence-electron chi connectivity index (χ0n) is 14.7. The Hall–Kier alpha value is -0.0400. The van der Waals surface area contributed by atoms with Crippen molar-refractivity contribution >= 4 is 0 Å². The molecule has 0 aromatic rings. The Bertz CT molecular complexity index is 192. The first kappa shape index (κ1) is 20.0. The Labute approximate surface area is 128 Å². The predicted octanol–water partition coefficient (Wildman–Crippen LogP) is 6.92. The third-order valence-corrected chi connectivity index (χ3v) is 4.55. The van der Waals surface area contributed by atoms with Crippen molar-refractivity contribution in [2.75, 3.05) is 0 Å². The highest BCUT2D eigenvalue weighted by Gasteiger charge is 2.27. The van der Waals surface area contributed by atoms with Gasteiger partial charge >= 0.3 is 0 Å². The molecule has 1 unspecified atom stereocenters. The van der Waals surface area contributed by atoms with Crippen molar-refractivity contribution in [1.29, 1.82) is 0 Å². The smallest absolute Gasteiger partial charge is 0.101 e. The van der Waals surface area contributed by atoms with E-state index in [1.54, 1.807) is 0 Å². The van der Waals surface area contributed by atoms with Crippen LogP contribution in [0.5, 0.6) is 0 Å². The van der Waals surface area contributed by atoms with E-state index in [9.17, 15) is 5.11 Å². The fourth-order valence-corrected chi connectivity index (χ4v) is 3.00. The number of unbranched alkanes of at least 4 members (excludes halogenated alkanes) is 9. The lowest BCUT2D eigenvalue weighted by Crippen LogP contribution is -2.29. The summed E-state index contributed by atoms with van der Waals surface area (Å²) in [6.45, 7) is 8.29. The molecular weight excluding hydrogens is 244 g/mol. The highest BCUT2D eigenvalue weighted by atomic mass is 16.3. The van der Waals surface area contributed by atoms with Crippen molar-refractivity contribution in [2.45, 2.75) is 117 Å². The number of hydrogen-bond acceptors (Lipinski definition) is 0. The molecule has 0 aromatic heterocycles. The van der Waals surface area contributed by atoms with Crippen molar-refractivity contribution < 1.29 is 5.11 Å². The fraction of sp³-hybridized carbons (Fsp3) is 1.00. The van der Waals surface area contributed by atoms with Crippen LogP contribution in [0, 0.1) is 5.92 Å². The summed E-state index contributed by atoms with van der Waals surface area (Å²) >= 11 is 0. The summed E-state index contributed by atoms with van der Waals surface area (Å²) in [6.07, 6.45) is 16.9. The molecule has 0 aliphatic carbocycles. The lowest BCUT2D eigenvalue weighted by atomic mass is 9.82. The molecular formula is C19H39O. The number of hydrogen-bond donors (Lipinski definition) is 0. The molecule has 0 heterocycles. The van der Waals surface area contributed by atoms with E-state index in [1.165, 1.54) is 70.6 Å². The second kappa shape index (κ2) is 12.7. The maximum absolute atomic E-state index is 12.3. The second-order valence-electron chi connectivity index (χ2n) is 7.06. The zero-order valence-corrected chi connectivity index (χ0v) is 14.7. The molecule has 121 valence electrons. The van der Waals surface area contributed by atoms with Crippen LogP contribution in [0.15, 0.2) is 0 Å². The Morgan fingerprint density at radius 2 is 1.00 bits per heavy atom. The molecule has 0 saturated carbocycles. The summed E-state index contributed by atoms with van der Waals surface area (Å²) < 4.78 is 0. The van der Waals surface area contributed by atoms with Crippen LogP contribution in [-0.4, -0.2) is 5.60 Å². The number of rotatable bonds is 14. The minimum Gasteiger partial charge on any atom is -0.230 e. The van der Waals surface area contributed by atoms with Gasteiger partial charge in [-0.25, -0.2) is 5.11 Å². The van der Waals surface area contributed by atoms with Crippen LogP contribution in [0.2, 0.25) is 0 Å². The van der Waals surface area contributed by atoms with Crippen molar-refractivity contribution in [3.8, 4) is 0 Å². The fourth-order valence-electron chi connectivity index (χ4n) is 3.00. The average Bonchev–Trinajstić information content (AvgIpc) is 2.38. The zero-order chi connectivity index (χ0) is 15.3. The molecule has 0 bridgehead atoms. The Kier molecular flexibility index (Phi) is 12.7. The molecule has 0 aliphatic heterocycles. The lowest BCUT2D eigenvalue weighted by Gasteiger charge is -2.27. The van der Waals surface area contributed by atoms with Crippen molar-refractivity contribution in [3.05, 3.63) is 0 Å². The summed E-state index contributed by atoms with van der Waals surface area (Å²) in [5, 5.41) is 12.3. The van der Waals surface area contributed by atoms with Crippen molar-refractivity contribution in [2.24, 2.45) is 5.92 Å². The van der Waals surface area contributed by atoms with Crippen molar-refractivity contribution in [3.63, 3.8) is 0 Å². The minimum atomic E-state index is -0.742. The highest BCUT2D eigenvalue weighted by Crippen LogP contribution is 2.29. The van der Waals surface area contributed by atoms with Crippen LogP contribution in [0.1, 0.15) is 111 Å². The van der Waals surface area contributed by atoms with Gasteiger partial charge in [-0.1, -0.05) is 84.5 Å². The normalized spacial score (nSPS) is 13.7. The monoisotopic (exact) mass is 283 g/mol. The summed E-state index contributed by atoms with van der Waals surface area (Å²) in [4.78, 5) is 0. The molecule has 0 spiro atoms.